The van der Waals surface area contributed by atoms with Crippen molar-refractivity contribution < 1.29 is 9.15 Å². The van der Waals surface area contributed by atoms with Gasteiger partial charge >= 0.3 is 0 Å². The number of thiazole rings is 1. The van der Waals surface area contributed by atoms with Crippen LogP contribution in [0.1, 0.15) is 5.69 Å². The van der Waals surface area contributed by atoms with Gasteiger partial charge in [0.15, 0.2) is 10.8 Å². The van der Waals surface area contributed by atoms with Gasteiger partial charge in [-0.15, -0.1) is 16.4 Å². The maximum atomic E-state index is 5.37. The molecule has 4 aromatic rings. The van der Waals surface area contributed by atoms with E-state index in [1.165, 1.54) is 11.8 Å². The lowest BCUT2D eigenvalue weighted by atomic mass is 10.3. The van der Waals surface area contributed by atoms with Crippen LogP contribution in [0.3, 0.4) is 0 Å². The molecule has 0 unspecified atom stereocenters. The van der Waals surface area contributed by atoms with Crippen molar-refractivity contribution in [2.75, 3.05) is 7.11 Å². The highest BCUT2D eigenvalue weighted by Crippen LogP contribution is 2.28. The monoisotopic (exact) mass is 371 g/mol. The number of methoxy groups -OCH3 is 1. The number of thioether (sulfide) groups is 1. The predicted molar refractivity (Wildman–Crippen MR) is 95.1 cm³/mol. The largest absolute Gasteiger partial charge is 0.497 e. The standard InChI is InChI=1S/C16H13N5O2S2/c1-22-13-6-4-12(5-7-13)21-16(18-19-20-21)25-10-11-9-24-15(17-11)14-3-2-8-23-14/h2-9H,10H2,1H3. The summed E-state index contributed by atoms with van der Waals surface area (Å²) in [6.45, 7) is 0. The minimum Gasteiger partial charge on any atom is -0.497 e. The number of hydrogen-bond acceptors (Lipinski definition) is 8. The Morgan fingerprint density at radius 2 is 2.12 bits per heavy atom. The van der Waals surface area contributed by atoms with E-state index in [-0.39, 0.29) is 0 Å². The molecule has 0 saturated heterocycles. The Morgan fingerprint density at radius 3 is 2.88 bits per heavy atom. The highest BCUT2D eigenvalue weighted by atomic mass is 32.2. The second kappa shape index (κ2) is 7.08. The third kappa shape index (κ3) is 3.42. The number of tetrazole rings is 1. The van der Waals surface area contributed by atoms with E-state index in [9.17, 15) is 0 Å². The Hall–Kier alpha value is -2.65. The molecular formula is C16H13N5O2S2. The van der Waals surface area contributed by atoms with E-state index in [2.05, 4.69) is 20.5 Å². The molecule has 0 amide bonds. The zero-order valence-corrected chi connectivity index (χ0v) is 14.8. The summed E-state index contributed by atoms with van der Waals surface area (Å²) in [5, 5.41) is 15.5. The van der Waals surface area contributed by atoms with E-state index in [4.69, 9.17) is 9.15 Å². The topological polar surface area (TPSA) is 78.9 Å². The fourth-order valence-electron chi connectivity index (χ4n) is 2.18. The minimum atomic E-state index is 0.674. The molecular weight excluding hydrogens is 358 g/mol. The van der Waals surface area contributed by atoms with Crippen molar-refractivity contribution in [3.8, 4) is 22.2 Å². The lowest BCUT2D eigenvalue weighted by molar-refractivity contribution is 0.414. The molecule has 7 nitrogen and oxygen atoms in total. The Bertz CT molecular complexity index is 947. The quantitative estimate of drug-likeness (QED) is 0.478. The summed E-state index contributed by atoms with van der Waals surface area (Å²) < 4.78 is 12.2. The number of rotatable bonds is 6. The van der Waals surface area contributed by atoms with Crippen molar-refractivity contribution in [3.05, 3.63) is 53.7 Å². The van der Waals surface area contributed by atoms with E-state index in [1.54, 1.807) is 29.4 Å². The molecule has 3 aromatic heterocycles. The van der Waals surface area contributed by atoms with Crippen LogP contribution < -0.4 is 4.74 Å². The van der Waals surface area contributed by atoms with Gasteiger partial charge in [0, 0.05) is 11.1 Å². The number of aromatic nitrogens is 5. The first-order chi connectivity index (χ1) is 12.3. The molecule has 0 aliphatic carbocycles. The normalized spacial score (nSPS) is 10.9. The molecule has 25 heavy (non-hydrogen) atoms. The number of benzene rings is 1. The van der Waals surface area contributed by atoms with Gasteiger partial charge in [0.05, 0.1) is 24.8 Å². The maximum absolute atomic E-state index is 5.37. The van der Waals surface area contributed by atoms with E-state index < -0.39 is 0 Å². The summed E-state index contributed by atoms with van der Waals surface area (Å²) in [6.07, 6.45) is 1.65. The van der Waals surface area contributed by atoms with Crippen LogP contribution in [0.15, 0.2) is 57.6 Å². The van der Waals surface area contributed by atoms with Crippen molar-refractivity contribution in [1.82, 2.24) is 25.2 Å². The van der Waals surface area contributed by atoms with Crippen LogP contribution in [-0.2, 0) is 5.75 Å². The van der Waals surface area contributed by atoms with Crippen LogP contribution in [0.4, 0.5) is 0 Å². The van der Waals surface area contributed by atoms with Gasteiger partial charge in [-0.1, -0.05) is 11.8 Å². The SMILES string of the molecule is COc1ccc(-n2nnnc2SCc2csc(-c3ccco3)n2)cc1. The second-order valence-corrected chi connectivity index (χ2v) is 6.78. The zero-order chi connectivity index (χ0) is 17.1. The van der Waals surface area contributed by atoms with E-state index >= 15 is 0 Å². The van der Waals surface area contributed by atoms with Crippen LogP contribution in [0.25, 0.3) is 16.5 Å². The average Bonchev–Trinajstić information content (AvgIpc) is 3.40. The van der Waals surface area contributed by atoms with Crippen molar-refractivity contribution >= 4 is 23.1 Å². The van der Waals surface area contributed by atoms with Crippen LogP contribution in [0, 0.1) is 0 Å². The van der Waals surface area contributed by atoms with Gasteiger partial charge in [0.2, 0.25) is 5.16 Å². The smallest absolute Gasteiger partial charge is 0.214 e. The first-order valence-corrected chi connectivity index (χ1v) is 9.24. The molecule has 0 bridgehead atoms. The van der Waals surface area contributed by atoms with Gasteiger partial charge in [0.1, 0.15) is 5.75 Å². The number of hydrogen-bond donors (Lipinski definition) is 0. The molecule has 126 valence electrons. The van der Waals surface area contributed by atoms with Crippen LogP contribution in [0.2, 0.25) is 0 Å². The Morgan fingerprint density at radius 1 is 1.24 bits per heavy atom. The Kier molecular flexibility index (Phi) is 4.49. The molecule has 4 rings (SSSR count). The lowest BCUT2D eigenvalue weighted by Gasteiger charge is -2.04. The van der Waals surface area contributed by atoms with Crippen LogP contribution in [0.5, 0.6) is 5.75 Å². The van der Waals surface area contributed by atoms with Crippen molar-refractivity contribution in [2.45, 2.75) is 10.9 Å². The first kappa shape index (κ1) is 15.9. The fourth-order valence-corrected chi connectivity index (χ4v) is 3.85. The molecule has 0 fully saturated rings. The summed E-state index contributed by atoms with van der Waals surface area (Å²) in [5.74, 6) is 2.25. The van der Waals surface area contributed by atoms with Gasteiger partial charge in [0.25, 0.3) is 0 Å². The van der Waals surface area contributed by atoms with E-state index in [0.29, 0.717) is 10.9 Å². The fraction of sp³-hybridized carbons (Fsp3) is 0.125. The number of nitrogens with zero attached hydrogens (tertiary/aromatic N) is 5. The molecule has 9 heteroatoms. The van der Waals surface area contributed by atoms with Crippen molar-refractivity contribution in [1.29, 1.82) is 0 Å². The second-order valence-electron chi connectivity index (χ2n) is 4.98. The summed E-state index contributed by atoms with van der Waals surface area (Å²) in [7, 11) is 1.64. The number of furan rings is 1. The maximum Gasteiger partial charge on any atom is 0.214 e. The first-order valence-electron chi connectivity index (χ1n) is 7.37. The Labute approximate surface area is 151 Å². The Balaban J connectivity index is 1.48. The summed E-state index contributed by atoms with van der Waals surface area (Å²) in [5.41, 5.74) is 1.84. The highest BCUT2D eigenvalue weighted by Gasteiger charge is 2.12. The average molecular weight is 371 g/mol. The molecule has 3 heterocycles. The molecule has 0 N–H and O–H groups in total. The van der Waals surface area contributed by atoms with Gasteiger partial charge in [-0.25, -0.2) is 4.98 Å². The molecule has 0 aliphatic heterocycles. The van der Waals surface area contributed by atoms with Crippen LogP contribution >= 0.6 is 23.1 Å². The summed E-state index contributed by atoms with van der Waals surface area (Å²) in [6, 6.07) is 11.3. The molecule has 1 aromatic carbocycles. The van der Waals surface area contributed by atoms with Crippen molar-refractivity contribution in [2.24, 2.45) is 0 Å². The summed E-state index contributed by atoms with van der Waals surface area (Å²) in [4.78, 5) is 4.59. The van der Waals surface area contributed by atoms with Crippen molar-refractivity contribution in [3.63, 3.8) is 0 Å². The predicted octanol–water partition coefficient (Wildman–Crippen LogP) is 3.68. The molecule has 0 radical (unpaired) electrons. The zero-order valence-electron chi connectivity index (χ0n) is 13.2. The van der Waals surface area contributed by atoms with Gasteiger partial charge < -0.3 is 9.15 Å². The van der Waals surface area contributed by atoms with E-state index in [1.807, 2.05) is 41.8 Å². The third-order valence-electron chi connectivity index (χ3n) is 3.39. The molecule has 0 saturated carbocycles. The third-order valence-corrected chi connectivity index (χ3v) is 5.25. The number of ether oxygens (including phenoxy) is 1. The minimum absolute atomic E-state index is 0.674. The van der Waals surface area contributed by atoms with E-state index in [0.717, 1.165) is 27.9 Å². The summed E-state index contributed by atoms with van der Waals surface area (Å²) >= 11 is 3.09. The molecule has 0 aliphatic rings. The van der Waals surface area contributed by atoms with Gasteiger partial charge in [-0.2, -0.15) is 4.68 Å². The van der Waals surface area contributed by atoms with Gasteiger partial charge in [-0.3, -0.25) is 0 Å². The lowest BCUT2D eigenvalue weighted by Crippen LogP contribution is -1.99. The molecule has 0 atom stereocenters. The van der Waals surface area contributed by atoms with Gasteiger partial charge in [-0.05, 0) is 46.8 Å². The van der Waals surface area contributed by atoms with Crippen LogP contribution in [-0.4, -0.2) is 32.3 Å². The molecule has 0 spiro atoms. The highest BCUT2D eigenvalue weighted by molar-refractivity contribution is 7.98.